The van der Waals surface area contributed by atoms with Gasteiger partial charge in [0.05, 0.1) is 5.92 Å². The number of carbonyl (C=O) groups excluding carboxylic acids is 2. The van der Waals surface area contributed by atoms with Crippen LogP contribution >= 0.6 is 11.3 Å². The van der Waals surface area contributed by atoms with Crippen LogP contribution in [0.15, 0.2) is 46.0 Å². The zero-order valence-electron chi connectivity index (χ0n) is 16.7. The Bertz CT molecular complexity index is 1030. The number of para-hydroxylation sites is 1. The Morgan fingerprint density at radius 3 is 2.57 bits per heavy atom. The molecule has 1 fully saturated rings. The van der Waals surface area contributed by atoms with Gasteiger partial charge < -0.3 is 9.64 Å². The second-order valence-corrected chi connectivity index (χ2v) is 10.8. The fourth-order valence-electron chi connectivity index (χ4n) is 4.14. The van der Waals surface area contributed by atoms with Crippen molar-refractivity contribution in [3.63, 3.8) is 0 Å². The Morgan fingerprint density at radius 2 is 1.87 bits per heavy atom. The van der Waals surface area contributed by atoms with E-state index in [2.05, 4.69) is 0 Å². The maximum atomic E-state index is 12.7. The molecule has 4 rings (SSSR count). The molecule has 0 spiro atoms. The van der Waals surface area contributed by atoms with E-state index in [0.29, 0.717) is 17.1 Å². The lowest BCUT2D eigenvalue weighted by Gasteiger charge is -2.30. The lowest BCUT2D eigenvalue weighted by atomic mass is 9.98. The van der Waals surface area contributed by atoms with Crippen molar-refractivity contribution in [2.24, 2.45) is 5.92 Å². The molecule has 0 N–H and O–H groups in total. The van der Waals surface area contributed by atoms with Gasteiger partial charge in [0.2, 0.25) is 0 Å². The summed E-state index contributed by atoms with van der Waals surface area (Å²) in [5, 5.41) is 1.73. The summed E-state index contributed by atoms with van der Waals surface area (Å²) in [4.78, 5) is 26.8. The molecule has 2 aliphatic heterocycles. The van der Waals surface area contributed by atoms with E-state index < -0.39 is 21.9 Å². The van der Waals surface area contributed by atoms with Gasteiger partial charge in [-0.3, -0.25) is 9.59 Å². The van der Waals surface area contributed by atoms with E-state index >= 15 is 0 Å². The van der Waals surface area contributed by atoms with E-state index in [9.17, 15) is 18.0 Å². The minimum absolute atomic E-state index is 0.0271. The molecule has 2 aromatic rings. The lowest BCUT2D eigenvalue weighted by molar-refractivity contribution is -0.153. The number of fused-ring (bicyclic) bond motifs is 1. The van der Waals surface area contributed by atoms with Gasteiger partial charge in [-0.2, -0.15) is 4.31 Å². The Labute approximate surface area is 180 Å². The molecule has 1 saturated heterocycles. The van der Waals surface area contributed by atoms with Crippen molar-refractivity contribution in [3.05, 3.63) is 47.3 Å². The number of rotatable bonds is 5. The molecule has 2 aliphatic rings. The zero-order chi connectivity index (χ0) is 21.3. The Hall–Kier alpha value is -2.23. The van der Waals surface area contributed by atoms with Crippen LogP contribution < -0.4 is 4.90 Å². The van der Waals surface area contributed by atoms with Crippen LogP contribution in [0.2, 0.25) is 0 Å². The summed E-state index contributed by atoms with van der Waals surface area (Å²) < 4.78 is 32.2. The first-order valence-corrected chi connectivity index (χ1v) is 12.3. The summed E-state index contributed by atoms with van der Waals surface area (Å²) >= 11 is 1.19. The van der Waals surface area contributed by atoms with Crippen LogP contribution in [0, 0.1) is 5.92 Å². The molecule has 30 heavy (non-hydrogen) atoms. The topological polar surface area (TPSA) is 84.0 Å². The molecule has 1 amide bonds. The fraction of sp³-hybridized carbons (Fsp3) is 0.429. The molecule has 3 heterocycles. The number of sulfonamides is 1. The first-order chi connectivity index (χ1) is 14.4. The summed E-state index contributed by atoms with van der Waals surface area (Å²) in [7, 11) is -3.50. The molecular formula is C21H24N2O5S2. The van der Waals surface area contributed by atoms with E-state index in [1.54, 1.807) is 22.4 Å². The van der Waals surface area contributed by atoms with Crippen LogP contribution in [-0.2, 0) is 30.8 Å². The van der Waals surface area contributed by atoms with Crippen molar-refractivity contribution in [2.45, 2.75) is 36.4 Å². The summed E-state index contributed by atoms with van der Waals surface area (Å²) in [5.41, 5.74) is 1.99. The molecule has 0 aliphatic carbocycles. The van der Waals surface area contributed by atoms with Crippen LogP contribution in [0.4, 0.5) is 5.69 Å². The molecule has 1 atom stereocenters. The molecule has 1 aromatic carbocycles. The Balaban J connectivity index is 1.30. The molecule has 9 heteroatoms. The van der Waals surface area contributed by atoms with Crippen molar-refractivity contribution < 1.29 is 22.7 Å². The largest absolute Gasteiger partial charge is 0.455 e. The average molecular weight is 449 g/mol. The Kier molecular flexibility index (Phi) is 5.95. The predicted molar refractivity (Wildman–Crippen MR) is 114 cm³/mol. The maximum absolute atomic E-state index is 12.7. The Morgan fingerprint density at radius 1 is 1.13 bits per heavy atom. The highest BCUT2D eigenvalue weighted by Crippen LogP contribution is 2.32. The van der Waals surface area contributed by atoms with Crippen molar-refractivity contribution in [1.29, 1.82) is 0 Å². The monoisotopic (exact) mass is 448 g/mol. The van der Waals surface area contributed by atoms with Crippen LogP contribution in [0.1, 0.15) is 25.3 Å². The van der Waals surface area contributed by atoms with E-state index in [0.717, 1.165) is 17.7 Å². The third kappa shape index (κ3) is 4.01. The van der Waals surface area contributed by atoms with Gasteiger partial charge in [-0.15, -0.1) is 11.3 Å². The average Bonchev–Trinajstić information content (AvgIpc) is 3.39. The van der Waals surface area contributed by atoms with E-state index in [1.807, 2.05) is 31.2 Å². The molecule has 0 unspecified atom stereocenters. The van der Waals surface area contributed by atoms with Gasteiger partial charge in [0, 0.05) is 24.8 Å². The zero-order valence-corrected chi connectivity index (χ0v) is 18.3. The van der Waals surface area contributed by atoms with Gasteiger partial charge in [-0.05, 0) is 49.3 Å². The summed E-state index contributed by atoms with van der Waals surface area (Å²) in [5.74, 6) is -1.06. The normalized spacial score (nSPS) is 20.2. The van der Waals surface area contributed by atoms with Gasteiger partial charge in [0.25, 0.3) is 15.9 Å². The molecular weight excluding hydrogens is 424 g/mol. The van der Waals surface area contributed by atoms with Crippen LogP contribution in [0.3, 0.4) is 0 Å². The van der Waals surface area contributed by atoms with Gasteiger partial charge in [-0.25, -0.2) is 8.42 Å². The van der Waals surface area contributed by atoms with Gasteiger partial charge in [0.15, 0.2) is 6.61 Å². The number of carbonyl (C=O) groups is 2. The number of benzene rings is 1. The van der Waals surface area contributed by atoms with Gasteiger partial charge >= 0.3 is 5.97 Å². The number of ether oxygens (including phenoxy) is 1. The van der Waals surface area contributed by atoms with E-state index in [1.165, 1.54) is 15.6 Å². The second kappa shape index (κ2) is 8.49. The SMILES string of the molecule is C[C@H]1Cc2ccccc2N1C(=O)COC(=O)C1CCN(S(=O)(=O)c2cccs2)CC1. The highest BCUT2D eigenvalue weighted by molar-refractivity contribution is 7.91. The number of piperidine rings is 1. The van der Waals surface area contributed by atoms with Crippen molar-refractivity contribution in [2.75, 3.05) is 24.6 Å². The molecule has 0 radical (unpaired) electrons. The summed E-state index contributed by atoms with van der Waals surface area (Å²) in [6.07, 6.45) is 1.56. The summed E-state index contributed by atoms with van der Waals surface area (Å²) in [6.45, 7) is 2.21. The number of thiophene rings is 1. The number of hydrogen-bond donors (Lipinski definition) is 0. The number of anilines is 1. The quantitative estimate of drug-likeness (QED) is 0.657. The van der Waals surface area contributed by atoms with Gasteiger partial charge in [0.1, 0.15) is 4.21 Å². The first-order valence-electron chi connectivity index (χ1n) is 9.98. The highest BCUT2D eigenvalue weighted by Gasteiger charge is 2.35. The minimum atomic E-state index is -3.50. The van der Waals surface area contributed by atoms with Crippen molar-refractivity contribution in [1.82, 2.24) is 4.31 Å². The number of esters is 1. The highest BCUT2D eigenvalue weighted by atomic mass is 32.2. The minimum Gasteiger partial charge on any atom is -0.455 e. The van der Waals surface area contributed by atoms with E-state index in [-0.39, 0.29) is 31.6 Å². The van der Waals surface area contributed by atoms with Crippen LogP contribution in [-0.4, -0.2) is 50.3 Å². The third-order valence-corrected chi connectivity index (χ3v) is 8.96. The smallest absolute Gasteiger partial charge is 0.309 e. The number of hydrogen-bond acceptors (Lipinski definition) is 6. The van der Waals surface area contributed by atoms with E-state index in [4.69, 9.17) is 4.74 Å². The second-order valence-electron chi connectivity index (χ2n) is 7.66. The van der Waals surface area contributed by atoms with Crippen molar-refractivity contribution in [3.8, 4) is 0 Å². The van der Waals surface area contributed by atoms with Crippen LogP contribution in [0.25, 0.3) is 0 Å². The number of nitrogens with zero attached hydrogens (tertiary/aromatic N) is 2. The first kappa shape index (κ1) is 21.0. The molecule has 1 aromatic heterocycles. The van der Waals surface area contributed by atoms with Gasteiger partial charge in [-0.1, -0.05) is 24.3 Å². The van der Waals surface area contributed by atoms with Crippen LogP contribution in [0.5, 0.6) is 0 Å². The summed E-state index contributed by atoms with van der Waals surface area (Å²) in [6, 6.07) is 11.1. The molecule has 160 valence electrons. The molecule has 0 bridgehead atoms. The predicted octanol–water partition coefficient (Wildman–Crippen LogP) is 2.67. The van der Waals surface area contributed by atoms with Crippen molar-refractivity contribution >= 4 is 38.9 Å². The molecule has 7 nitrogen and oxygen atoms in total. The maximum Gasteiger partial charge on any atom is 0.309 e. The molecule has 0 saturated carbocycles. The number of amides is 1. The third-order valence-electron chi connectivity index (χ3n) is 5.69. The lowest BCUT2D eigenvalue weighted by Crippen LogP contribution is -2.42. The fourth-order valence-corrected chi connectivity index (χ4v) is 6.75. The standard InChI is InChI=1S/C21H24N2O5S2/c1-15-13-17-5-2-3-6-18(17)23(15)19(24)14-28-21(25)16-8-10-22(11-9-16)30(26,27)20-7-4-12-29-20/h2-7,12,15-16H,8-11,13-14H2,1H3/t15-/m0/s1.